The summed E-state index contributed by atoms with van der Waals surface area (Å²) >= 11 is 1.12. The van der Waals surface area contributed by atoms with Crippen molar-refractivity contribution in [3.63, 3.8) is 0 Å². The molecule has 2 aromatic carbocycles. The molecule has 0 atom stereocenters. The van der Waals surface area contributed by atoms with Crippen LogP contribution in [0.5, 0.6) is 11.5 Å². The van der Waals surface area contributed by atoms with E-state index in [1.165, 1.54) is 27.3 Å². The van der Waals surface area contributed by atoms with Crippen LogP contribution >= 0.6 is 11.8 Å². The first-order chi connectivity index (χ1) is 16.2. The quantitative estimate of drug-likeness (QED) is 0.348. The van der Waals surface area contributed by atoms with Crippen LogP contribution in [0, 0.1) is 0 Å². The molecule has 0 bridgehead atoms. The number of rotatable bonds is 8. The van der Waals surface area contributed by atoms with Gasteiger partial charge in [-0.15, -0.1) is 10.2 Å². The number of aromatic nitrogens is 4. The number of fused-ring (bicyclic) bond motifs is 3. The number of thioether (sulfide) groups is 1. The smallest absolute Gasteiger partial charge is 0.242 e. The predicted molar refractivity (Wildman–Crippen MR) is 129 cm³/mol. The van der Waals surface area contributed by atoms with Crippen molar-refractivity contribution in [1.29, 1.82) is 0 Å². The van der Waals surface area contributed by atoms with Crippen LogP contribution in [0.3, 0.4) is 0 Å². The molecule has 0 saturated carbocycles. The molecule has 0 unspecified atom stereocenters. The van der Waals surface area contributed by atoms with E-state index in [1.54, 1.807) is 37.4 Å². The first-order valence-electron chi connectivity index (χ1n) is 9.96. The first-order valence-corrected chi connectivity index (χ1v) is 12.4. The Hall–Kier alpha value is -3.42. The van der Waals surface area contributed by atoms with E-state index in [2.05, 4.69) is 25.5 Å². The Bertz CT molecular complexity index is 1490. The summed E-state index contributed by atoms with van der Waals surface area (Å²) in [4.78, 5) is 20.1. The molecule has 0 radical (unpaired) electrons. The van der Waals surface area contributed by atoms with Crippen molar-refractivity contribution in [1.82, 2.24) is 24.5 Å². The van der Waals surface area contributed by atoms with Crippen LogP contribution in [0.15, 0.2) is 46.5 Å². The van der Waals surface area contributed by atoms with Crippen molar-refractivity contribution < 1.29 is 22.7 Å². The number of hydrogen-bond acceptors (Lipinski definition) is 9. The highest BCUT2D eigenvalue weighted by Gasteiger charge is 2.19. The largest absolute Gasteiger partial charge is 0.497 e. The van der Waals surface area contributed by atoms with Gasteiger partial charge >= 0.3 is 0 Å². The number of hydrogen-bond donors (Lipinski definition) is 2. The highest BCUT2D eigenvalue weighted by molar-refractivity contribution is 7.99. The third kappa shape index (κ3) is 4.62. The fourth-order valence-corrected chi connectivity index (χ4v) is 4.70. The van der Waals surface area contributed by atoms with Crippen molar-refractivity contribution in [2.24, 2.45) is 0 Å². The number of benzene rings is 2. The lowest BCUT2D eigenvalue weighted by atomic mass is 10.2. The lowest BCUT2D eigenvalue weighted by Crippen LogP contribution is -2.22. The Balaban J connectivity index is 1.51. The molecule has 4 aromatic rings. The van der Waals surface area contributed by atoms with Gasteiger partial charge in [0.15, 0.2) is 5.65 Å². The summed E-state index contributed by atoms with van der Waals surface area (Å²) in [6.07, 6.45) is 0. The number of carbonyl (C=O) groups excluding carboxylic acids is 1. The van der Waals surface area contributed by atoms with Gasteiger partial charge in [0.25, 0.3) is 0 Å². The van der Waals surface area contributed by atoms with Crippen LogP contribution in [-0.4, -0.2) is 72.9 Å². The molecular formula is C21H22N6O5S2. The van der Waals surface area contributed by atoms with E-state index >= 15 is 0 Å². The second-order valence-corrected chi connectivity index (χ2v) is 10.4. The number of aromatic amines is 1. The van der Waals surface area contributed by atoms with Crippen molar-refractivity contribution >= 4 is 55.4 Å². The van der Waals surface area contributed by atoms with Crippen LogP contribution in [0.25, 0.3) is 22.1 Å². The average Bonchev–Trinajstić information content (AvgIpc) is 3.19. The zero-order valence-electron chi connectivity index (χ0n) is 18.8. The van der Waals surface area contributed by atoms with Crippen molar-refractivity contribution in [3.05, 3.63) is 36.4 Å². The van der Waals surface area contributed by atoms with Crippen LogP contribution < -0.4 is 14.8 Å². The number of H-pyrrole nitrogens is 1. The zero-order valence-corrected chi connectivity index (χ0v) is 20.5. The summed E-state index contributed by atoms with van der Waals surface area (Å²) in [5.41, 5.74) is 2.09. The lowest BCUT2D eigenvalue weighted by Gasteiger charge is -2.11. The molecule has 13 heteroatoms. The molecule has 2 aromatic heterocycles. The monoisotopic (exact) mass is 502 g/mol. The number of amides is 1. The van der Waals surface area contributed by atoms with Crippen LogP contribution in [-0.2, 0) is 14.8 Å². The Morgan fingerprint density at radius 2 is 1.91 bits per heavy atom. The zero-order chi connectivity index (χ0) is 24.5. The van der Waals surface area contributed by atoms with Gasteiger partial charge in [0.05, 0.1) is 30.6 Å². The molecule has 1 amide bonds. The second kappa shape index (κ2) is 9.44. The van der Waals surface area contributed by atoms with Gasteiger partial charge in [-0.25, -0.2) is 17.7 Å². The van der Waals surface area contributed by atoms with Crippen molar-refractivity contribution in [2.75, 3.05) is 39.4 Å². The maximum atomic E-state index is 12.4. The minimum atomic E-state index is -3.59. The van der Waals surface area contributed by atoms with Gasteiger partial charge in [-0.2, -0.15) is 0 Å². The third-order valence-corrected chi connectivity index (χ3v) is 7.61. The Morgan fingerprint density at radius 1 is 1.12 bits per heavy atom. The Labute approximate surface area is 199 Å². The molecule has 2 heterocycles. The number of anilines is 1. The number of sulfonamides is 1. The van der Waals surface area contributed by atoms with E-state index in [9.17, 15) is 13.2 Å². The molecule has 2 N–H and O–H groups in total. The number of carbonyl (C=O) groups is 1. The number of ether oxygens (including phenoxy) is 2. The topological polar surface area (TPSA) is 139 Å². The molecular weight excluding hydrogens is 480 g/mol. The van der Waals surface area contributed by atoms with E-state index < -0.39 is 10.0 Å². The second-order valence-electron chi connectivity index (χ2n) is 7.31. The number of nitrogens with one attached hydrogen (secondary N) is 2. The van der Waals surface area contributed by atoms with Gasteiger partial charge in [-0.05, 0) is 30.3 Å². The molecule has 4 rings (SSSR count). The number of methoxy groups -OCH3 is 2. The Morgan fingerprint density at radius 3 is 2.62 bits per heavy atom. The standard InChI is InChI=1S/C21H22N6O5S2/c1-27(2)34(29,30)13-6-8-15-14(10-13)19-20(23-15)24-21(26-25-19)33-11-18(28)22-16-7-5-12(31-3)9-17(16)32-4/h5-10H,11H2,1-4H3,(H,22,28)(H,23,24,26). The lowest BCUT2D eigenvalue weighted by molar-refractivity contribution is -0.113. The fraction of sp³-hybridized carbons (Fsp3) is 0.238. The van der Waals surface area contributed by atoms with Gasteiger partial charge in [0, 0.05) is 31.1 Å². The molecule has 0 spiro atoms. The van der Waals surface area contributed by atoms with Crippen molar-refractivity contribution in [3.8, 4) is 11.5 Å². The van der Waals surface area contributed by atoms with Crippen LogP contribution in [0.2, 0.25) is 0 Å². The van der Waals surface area contributed by atoms with E-state index in [1.807, 2.05) is 0 Å². The maximum absolute atomic E-state index is 12.4. The highest BCUT2D eigenvalue weighted by atomic mass is 32.2. The summed E-state index contributed by atoms with van der Waals surface area (Å²) in [5, 5.41) is 12.0. The van der Waals surface area contributed by atoms with Crippen LogP contribution in [0.1, 0.15) is 0 Å². The summed E-state index contributed by atoms with van der Waals surface area (Å²) in [6.45, 7) is 0. The molecule has 34 heavy (non-hydrogen) atoms. The Kier molecular flexibility index (Phi) is 6.59. The molecule has 0 aliphatic carbocycles. The molecule has 0 aliphatic rings. The molecule has 0 fully saturated rings. The maximum Gasteiger partial charge on any atom is 0.242 e. The number of nitrogens with zero attached hydrogens (tertiary/aromatic N) is 4. The van der Waals surface area contributed by atoms with E-state index in [-0.39, 0.29) is 16.6 Å². The minimum absolute atomic E-state index is 0.0494. The van der Waals surface area contributed by atoms with E-state index in [0.717, 1.165) is 16.1 Å². The van der Waals surface area contributed by atoms with Gasteiger partial charge < -0.3 is 19.8 Å². The highest BCUT2D eigenvalue weighted by Crippen LogP contribution is 2.30. The predicted octanol–water partition coefficient (Wildman–Crippen LogP) is 2.50. The molecule has 0 aliphatic heterocycles. The summed E-state index contributed by atoms with van der Waals surface area (Å²) in [5.74, 6) is 0.869. The third-order valence-electron chi connectivity index (χ3n) is 4.96. The average molecular weight is 503 g/mol. The minimum Gasteiger partial charge on any atom is -0.497 e. The van der Waals surface area contributed by atoms with E-state index in [4.69, 9.17) is 9.47 Å². The molecule has 0 saturated heterocycles. The summed E-state index contributed by atoms with van der Waals surface area (Å²) in [7, 11) is 2.41. The van der Waals surface area contributed by atoms with E-state index in [0.29, 0.717) is 44.4 Å². The molecule has 11 nitrogen and oxygen atoms in total. The summed E-state index contributed by atoms with van der Waals surface area (Å²) < 4.78 is 36.5. The first kappa shape index (κ1) is 23.7. The van der Waals surface area contributed by atoms with Crippen molar-refractivity contribution in [2.45, 2.75) is 10.1 Å². The SMILES string of the molecule is COc1ccc(NC(=O)CSc2nnc3c(n2)[nH]c2ccc(S(=O)(=O)N(C)C)cc23)c(OC)c1. The van der Waals surface area contributed by atoms with Crippen LogP contribution in [0.4, 0.5) is 5.69 Å². The fourth-order valence-electron chi connectivity index (χ4n) is 3.19. The van der Waals surface area contributed by atoms with Gasteiger partial charge in [-0.1, -0.05) is 11.8 Å². The van der Waals surface area contributed by atoms with Gasteiger partial charge in [0.2, 0.25) is 21.1 Å². The normalized spacial score (nSPS) is 11.8. The van der Waals surface area contributed by atoms with Gasteiger partial charge in [0.1, 0.15) is 17.0 Å². The van der Waals surface area contributed by atoms with Gasteiger partial charge in [-0.3, -0.25) is 4.79 Å². The summed E-state index contributed by atoms with van der Waals surface area (Å²) in [6, 6.07) is 9.82. The molecule has 178 valence electrons.